The highest BCUT2D eigenvalue weighted by atomic mass is 79.9. The zero-order valence-corrected chi connectivity index (χ0v) is 11.0. The molecule has 0 amide bonds. The van der Waals surface area contributed by atoms with Crippen molar-refractivity contribution in [2.75, 3.05) is 11.9 Å². The number of nitrogens with one attached hydrogen (secondary N) is 1. The minimum atomic E-state index is 0.660. The van der Waals surface area contributed by atoms with Crippen molar-refractivity contribution in [2.45, 2.75) is 32.2 Å². The van der Waals surface area contributed by atoms with Gasteiger partial charge in [0.15, 0.2) is 0 Å². The molecule has 0 saturated carbocycles. The summed E-state index contributed by atoms with van der Waals surface area (Å²) in [7, 11) is 0. The molecule has 0 aliphatic heterocycles. The van der Waals surface area contributed by atoms with Gasteiger partial charge in [-0.3, -0.25) is 0 Å². The van der Waals surface area contributed by atoms with Crippen LogP contribution in [0.15, 0.2) is 30.3 Å². The van der Waals surface area contributed by atoms with Gasteiger partial charge in [-0.2, -0.15) is 0 Å². The molecule has 1 aromatic carbocycles. The summed E-state index contributed by atoms with van der Waals surface area (Å²) < 4.78 is 0. The van der Waals surface area contributed by atoms with Crippen molar-refractivity contribution in [2.24, 2.45) is 0 Å². The van der Waals surface area contributed by atoms with Crippen molar-refractivity contribution in [3.63, 3.8) is 0 Å². The standard InChI is InChI=1S/C13H20BrN/c1-2-13(8-10-14)15-11-9-12-6-4-3-5-7-12/h3-7,13,15H,2,8-11H2,1H3. The lowest BCUT2D eigenvalue weighted by Gasteiger charge is -2.15. The molecule has 0 saturated heterocycles. The molecule has 1 unspecified atom stereocenters. The van der Waals surface area contributed by atoms with Gasteiger partial charge in [-0.25, -0.2) is 0 Å². The van der Waals surface area contributed by atoms with Gasteiger partial charge in [0.05, 0.1) is 0 Å². The van der Waals surface area contributed by atoms with E-state index in [0.717, 1.165) is 18.3 Å². The molecule has 1 atom stereocenters. The molecule has 0 fully saturated rings. The topological polar surface area (TPSA) is 12.0 Å². The molecule has 1 N–H and O–H groups in total. The van der Waals surface area contributed by atoms with Gasteiger partial charge in [-0.05, 0) is 31.4 Å². The average molecular weight is 270 g/mol. The average Bonchev–Trinajstić information content (AvgIpc) is 2.29. The summed E-state index contributed by atoms with van der Waals surface area (Å²) in [5.74, 6) is 0. The molecule has 0 aromatic heterocycles. The van der Waals surface area contributed by atoms with E-state index in [-0.39, 0.29) is 0 Å². The molecular formula is C13H20BrN. The Morgan fingerprint density at radius 2 is 2.00 bits per heavy atom. The molecule has 0 aliphatic carbocycles. The summed E-state index contributed by atoms with van der Waals surface area (Å²) >= 11 is 3.49. The van der Waals surface area contributed by atoms with Gasteiger partial charge in [-0.1, -0.05) is 53.2 Å². The summed E-state index contributed by atoms with van der Waals surface area (Å²) in [6.45, 7) is 3.32. The molecule has 15 heavy (non-hydrogen) atoms. The number of benzene rings is 1. The van der Waals surface area contributed by atoms with Gasteiger partial charge in [0.1, 0.15) is 0 Å². The smallest absolute Gasteiger partial charge is 0.00725 e. The van der Waals surface area contributed by atoms with E-state index < -0.39 is 0 Å². The fourth-order valence-electron chi connectivity index (χ4n) is 1.65. The van der Waals surface area contributed by atoms with E-state index in [0.29, 0.717) is 6.04 Å². The first-order valence-electron chi connectivity index (χ1n) is 5.70. The van der Waals surface area contributed by atoms with E-state index in [1.165, 1.54) is 18.4 Å². The van der Waals surface area contributed by atoms with Crippen molar-refractivity contribution in [1.29, 1.82) is 0 Å². The van der Waals surface area contributed by atoms with Gasteiger partial charge >= 0.3 is 0 Å². The molecule has 84 valence electrons. The predicted octanol–water partition coefficient (Wildman–Crippen LogP) is 3.38. The first kappa shape index (κ1) is 12.7. The summed E-state index contributed by atoms with van der Waals surface area (Å²) in [5, 5.41) is 4.68. The van der Waals surface area contributed by atoms with E-state index in [9.17, 15) is 0 Å². The Hall–Kier alpha value is -0.340. The van der Waals surface area contributed by atoms with Crippen LogP contribution in [0, 0.1) is 0 Å². The highest BCUT2D eigenvalue weighted by Crippen LogP contribution is 2.02. The number of halogens is 1. The van der Waals surface area contributed by atoms with Crippen LogP contribution in [0.1, 0.15) is 25.3 Å². The minimum absolute atomic E-state index is 0.660. The van der Waals surface area contributed by atoms with Crippen LogP contribution >= 0.6 is 15.9 Å². The SMILES string of the molecule is CCC(CCBr)NCCc1ccccc1. The number of rotatable bonds is 7. The van der Waals surface area contributed by atoms with Crippen LogP contribution in [0.3, 0.4) is 0 Å². The van der Waals surface area contributed by atoms with Gasteiger partial charge in [0.25, 0.3) is 0 Å². The van der Waals surface area contributed by atoms with Crippen molar-refractivity contribution in [1.82, 2.24) is 5.32 Å². The van der Waals surface area contributed by atoms with Crippen LogP contribution in [0.25, 0.3) is 0 Å². The molecule has 0 spiro atoms. The lowest BCUT2D eigenvalue weighted by atomic mass is 10.1. The van der Waals surface area contributed by atoms with E-state index in [4.69, 9.17) is 0 Å². The second kappa shape index (κ2) is 7.89. The van der Waals surface area contributed by atoms with Crippen molar-refractivity contribution < 1.29 is 0 Å². The molecule has 1 nitrogen and oxygen atoms in total. The van der Waals surface area contributed by atoms with Crippen LogP contribution in [-0.2, 0) is 6.42 Å². The summed E-state index contributed by atoms with van der Waals surface area (Å²) in [6, 6.07) is 11.3. The number of alkyl halides is 1. The Balaban J connectivity index is 2.20. The maximum absolute atomic E-state index is 3.59. The third kappa shape index (κ3) is 5.33. The lowest BCUT2D eigenvalue weighted by Crippen LogP contribution is -2.30. The molecule has 2 heteroatoms. The van der Waals surface area contributed by atoms with Crippen molar-refractivity contribution in [3.8, 4) is 0 Å². The summed E-state index contributed by atoms with van der Waals surface area (Å²) in [6.07, 6.45) is 3.55. The molecule has 1 aromatic rings. The van der Waals surface area contributed by atoms with Gasteiger partial charge in [0, 0.05) is 11.4 Å². The van der Waals surface area contributed by atoms with Crippen LogP contribution in [0.5, 0.6) is 0 Å². The highest BCUT2D eigenvalue weighted by molar-refractivity contribution is 9.09. The van der Waals surface area contributed by atoms with E-state index in [2.05, 4.69) is 58.5 Å². The van der Waals surface area contributed by atoms with Crippen LogP contribution in [-0.4, -0.2) is 17.9 Å². The Morgan fingerprint density at radius 3 is 2.60 bits per heavy atom. The van der Waals surface area contributed by atoms with E-state index >= 15 is 0 Å². The number of hydrogen-bond acceptors (Lipinski definition) is 1. The predicted molar refractivity (Wildman–Crippen MR) is 70.6 cm³/mol. The summed E-state index contributed by atoms with van der Waals surface area (Å²) in [4.78, 5) is 0. The van der Waals surface area contributed by atoms with Gasteiger partial charge in [-0.15, -0.1) is 0 Å². The normalized spacial score (nSPS) is 12.7. The largest absolute Gasteiger partial charge is 0.314 e. The fourth-order valence-corrected chi connectivity index (χ4v) is 2.20. The molecule has 0 heterocycles. The zero-order valence-electron chi connectivity index (χ0n) is 9.38. The molecule has 1 rings (SSSR count). The van der Waals surface area contributed by atoms with Crippen molar-refractivity contribution >= 4 is 15.9 Å². The maximum Gasteiger partial charge on any atom is 0.00725 e. The monoisotopic (exact) mass is 269 g/mol. The third-order valence-corrected chi connectivity index (χ3v) is 3.10. The maximum atomic E-state index is 3.59. The minimum Gasteiger partial charge on any atom is -0.314 e. The van der Waals surface area contributed by atoms with Gasteiger partial charge < -0.3 is 5.32 Å². The van der Waals surface area contributed by atoms with Crippen LogP contribution < -0.4 is 5.32 Å². The van der Waals surface area contributed by atoms with E-state index in [1.54, 1.807) is 0 Å². The van der Waals surface area contributed by atoms with Crippen LogP contribution in [0.2, 0.25) is 0 Å². The fraction of sp³-hybridized carbons (Fsp3) is 0.538. The molecule has 0 radical (unpaired) electrons. The van der Waals surface area contributed by atoms with Gasteiger partial charge in [0.2, 0.25) is 0 Å². The van der Waals surface area contributed by atoms with E-state index in [1.807, 2.05) is 0 Å². The second-order valence-corrected chi connectivity index (χ2v) is 4.57. The Kier molecular flexibility index (Phi) is 6.69. The first-order valence-corrected chi connectivity index (χ1v) is 6.82. The first-order chi connectivity index (χ1) is 7.36. The van der Waals surface area contributed by atoms with Crippen LogP contribution in [0.4, 0.5) is 0 Å². The highest BCUT2D eigenvalue weighted by Gasteiger charge is 2.03. The number of hydrogen-bond donors (Lipinski definition) is 1. The Morgan fingerprint density at radius 1 is 1.27 bits per heavy atom. The zero-order chi connectivity index (χ0) is 10.9. The molecule has 0 bridgehead atoms. The quantitative estimate of drug-likeness (QED) is 0.749. The molecular weight excluding hydrogens is 250 g/mol. The second-order valence-electron chi connectivity index (χ2n) is 3.77. The lowest BCUT2D eigenvalue weighted by molar-refractivity contribution is 0.492. The van der Waals surface area contributed by atoms with Crippen molar-refractivity contribution in [3.05, 3.63) is 35.9 Å². The Bertz CT molecular complexity index is 248. The Labute approximate surface area is 101 Å². The molecule has 0 aliphatic rings. The summed E-state index contributed by atoms with van der Waals surface area (Å²) in [5.41, 5.74) is 1.42. The third-order valence-electron chi connectivity index (χ3n) is 2.64.